The number of anilines is 1. The minimum atomic E-state index is -0.289. The third-order valence-corrected chi connectivity index (χ3v) is 4.40. The number of aromatic nitrogens is 2. The van der Waals surface area contributed by atoms with Crippen molar-refractivity contribution < 1.29 is 14.3 Å². The van der Waals surface area contributed by atoms with E-state index in [4.69, 9.17) is 4.74 Å². The largest absolute Gasteiger partial charge is 0.465 e. The van der Waals surface area contributed by atoms with E-state index in [2.05, 4.69) is 15.5 Å². The van der Waals surface area contributed by atoms with E-state index in [9.17, 15) is 9.59 Å². The van der Waals surface area contributed by atoms with Crippen LogP contribution in [0.4, 0.5) is 5.13 Å². The second kappa shape index (κ2) is 8.11. The maximum absolute atomic E-state index is 11.7. The summed E-state index contributed by atoms with van der Waals surface area (Å²) in [5, 5.41) is 10.6. The van der Waals surface area contributed by atoms with Crippen molar-refractivity contribution in [2.24, 2.45) is 0 Å². The molecule has 1 rings (SSSR count). The topological polar surface area (TPSA) is 81.2 Å². The van der Waals surface area contributed by atoms with Crippen LogP contribution in [0.1, 0.15) is 33.6 Å². The Balaban J connectivity index is 2.60. The third kappa shape index (κ3) is 5.15. The van der Waals surface area contributed by atoms with Crippen LogP contribution in [0.3, 0.4) is 0 Å². The number of amides is 1. The summed E-state index contributed by atoms with van der Waals surface area (Å²) in [5.41, 5.74) is 0. The molecule has 1 aromatic heterocycles. The molecule has 1 heterocycles. The molecule has 6 nitrogen and oxygen atoms in total. The van der Waals surface area contributed by atoms with Gasteiger partial charge >= 0.3 is 5.97 Å². The van der Waals surface area contributed by atoms with E-state index in [0.717, 1.165) is 0 Å². The maximum atomic E-state index is 11.7. The highest BCUT2D eigenvalue weighted by Gasteiger charge is 2.21. The van der Waals surface area contributed by atoms with Crippen LogP contribution in [-0.2, 0) is 14.3 Å². The molecule has 0 saturated heterocycles. The van der Waals surface area contributed by atoms with Gasteiger partial charge in [-0.2, -0.15) is 0 Å². The molecular weight excluding hydrogens is 286 g/mol. The quantitative estimate of drug-likeness (QED) is 0.473. The van der Waals surface area contributed by atoms with Crippen molar-refractivity contribution in [3.63, 3.8) is 0 Å². The van der Waals surface area contributed by atoms with E-state index < -0.39 is 0 Å². The number of ether oxygens (including phenoxy) is 1. The molecule has 0 bridgehead atoms. The molecule has 0 aliphatic heterocycles. The molecule has 1 unspecified atom stereocenters. The van der Waals surface area contributed by atoms with Gasteiger partial charge in [0, 0.05) is 6.42 Å². The molecule has 1 atom stereocenters. The second-order valence-corrected chi connectivity index (χ2v) is 5.97. The number of carbonyl (C=O) groups excluding carboxylic acids is 2. The highest BCUT2D eigenvalue weighted by Crippen LogP contribution is 2.30. The van der Waals surface area contributed by atoms with Gasteiger partial charge in [-0.15, -0.1) is 10.2 Å². The number of rotatable bonds is 7. The summed E-state index contributed by atoms with van der Waals surface area (Å²) in [7, 11) is 0. The number of nitrogens with one attached hydrogen (secondary N) is 1. The van der Waals surface area contributed by atoms with Crippen LogP contribution in [0.5, 0.6) is 0 Å². The second-order valence-electron chi connectivity index (χ2n) is 3.54. The summed E-state index contributed by atoms with van der Waals surface area (Å²) in [6, 6.07) is 0. The highest BCUT2D eigenvalue weighted by atomic mass is 32.2. The Morgan fingerprint density at radius 2 is 2.11 bits per heavy atom. The van der Waals surface area contributed by atoms with Gasteiger partial charge in [0.25, 0.3) is 0 Å². The van der Waals surface area contributed by atoms with Crippen LogP contribution < -0.4 is 5.32 Å². The normalized spacial score (nSPS) is 11.9. The lowest BCUT2D eigenvalue weighted by Crippen LogP contribution is -2.19. The van der Waals surface area contributed by atoms with Gasteiger partial charge in [0.05, 0.1) is 6.61 Å². The molecule has 1 amide bonds. The number of nitrogens with zero attached hydrogens (tertiary/aromatic N) is 2. The first-order valence-electron chi connectivity index (χ1n) is 6.07. The molecule has 19 heavy (non-hydrogen) atoms. The van der Waals surface area contributed by atoms with Crippen molar-refractivity contribution in [3.8, 4) is 0 Å². The minimum absolute atomic E-state index is 0.106. The Kier molecular flexibility index (Phi) is 6.79. The predicted molar refractivity (Wildman–Crippen MR) is 75.4 cm³/mol. The lowest BCUT2D eigenvalue weighted by atomic mass is 10.3. The predicted octanol–water partition coefficient (Wildman–Crippen LogP) is 2.32. The van der Waals surface area contributed by atoms with Crippen molar-refractivity contribution in [1.29, 1.82) is 0 Å². The highest BCUT2D eigenvalue weighted by molar-refractivity contribution is 8.02. The number of hydrogen-bond donors (Lipinski definition) is 1. The first kappa shape index (κ1) is 15.9. The van der Waals surface area contributed by atoms with Crippen LogP contribution in [-0.4, -0.2) is 33.9 Å². The molecule has 0 spiro atoms. The average molecular weight is 303 g/mol. The first-order valence-corrected chi connectivity index (χ1v) is 7.76. The smallest absolute Gasteiger partial charge is 0.319 e. The van der Waals surface area contributed by atoms with Crippen molar-refractivity contribution in [1.82, 2.24) is 10.2 Å². The summed E-state index contributed by atoms with van der Waals surface area (Å²) < 4.78 is 5.63. The lowest BCUT2D eigenvalue weighted by Gasteiger charge is -2.10. The standard InChI is InChI=1S/C11H17N3O3S2/c1-4-7(9(16)17-6-3)18-11-14-13-10(19-11)12-8(15)5-2/h7H,4-6H2,1-3H3,(H,12,13,15). The lowest BCUT2D eigenvalue weighted by molar-refractivity contribution is -0.142. The van der Waals surface area contributed by atoms with Gasteiger partial charge in [0.2, 0.25) is 11.0 Å². The van der Waals surface area contributed by atoms with Gasteiger partial charge in [-0.1, -0.05) is 36.9 Å². The van der Waals surface area contributed by atoms with Crippen molar-refractivity contribution in [2.75, 3.05) is 11.9 Å². The molecule has 0 aliphatic rings. The molecule has 1 aromatic rings. The summed E-state index contributed by atoms with van der Waals surface area (Å²) in [5.74, 6) is -0.352. The maximum Gasteiger partial charge on any atom is 0.319 e. The molecule has 0 fully saturated rings. The Bertz CT molecular complexity index is 437. The van der Waals surface area contributed by atoms with Gasteiger partial charge < -0.3 is 10.1 Å². The van der Waals surface area contributed by atoms with E-state index in [-0.39, 0.29) is 17.1 Å². The SMILES string of the molecule is CCOC(=O)C(CC)Sc1nnc(NC(=O)CC)s1. The molecule has 0 aromatic carbocycles. The number of hydrogen-bond acceptors (Lipinski definition) is 7. The van der Waals surface area contributed by atoms with Crippen molar-refractivity contribution >= 4 is 40.1 Å². The Hall–Kier alpha value is -1.15. The summed E-state index contributed by atoms with van der Waals surface area (Å²) in [6.45, 7) is 5.82. The number of carbonyl (C=O) groups is 2. The van der Waals surface area contributed by atoms with Gasteiger partial charge in [0.1, 0.15) is 5.25 Å². The van der Waals surface area contributed by atoms with Crippen LogP contribution >= 0.6 is 23.1 Å². The Labute approximate surface area is 120 Å². The number of thioether (sulfide) groups is 1. The zero-order chi connectivity index (χ0) is 14.3. The zero-order valence-corrected chi connectivity index (χ0v) is 12.8. The van der Waals surface area contributed by atoms with Gasteiger partial charge in [0.15, 0.2) is 4.34 Å². The van der Waals surface area contributed by atoms with Crippen LogP contribution in [0.25, 0.3) is 0 Å². The molecule has 0 saturated carbocycles. The van der Waals surface area contributed by atoms with E-state index in [1.807, 2.05) is 6.92 Å². The van der Waals surface area contributed by atoms with Gasteiger partial charge in [-0.25, -0.2) is 0 Å². The fourth-order valence-corrected chi connectivity index (χ4v) is 3.10. The third-order valence-electron chi connectivity index (χ3n) is 2.14. The molecule has 0 aliphatic carbocycles. The van der Waals surface area contributed by atoms with Crippen molar-refractivity contribution in [3.05, 3.63) is 0 Å². The number of esters is 1. The van der Waals surface area contributed by atoms with Crippen LogP contribution in [0.15, 0.2) is 4.34 Å². The van der Waals surface area contributed by atoms with Gasteiger partial charge in [-0.05, 0) is 13.3 Å². The first-order chi connectivity index (χ1) is 9.10. The Morgan fingerprint density at radius 1 is 1.37 bits per heavy atom. The molecule has 8 heteroatoms. The molecule has 1 N–H and O–H groups in total. The van der Waals surface area contributed by atoms with Crippen molar-refractivity contribution in [2.45, 2.75) is 43.2 Å². The molecule has 0 radical (unpaired) electrons. The van der Waals surface area contributed by atoms with Crippen LogP contribution in [0.2, 0.25) is 0 Å². The van der Waals surface area contributed by atoms with E-state index in [1.165, 1.54) is 23.1 Å². The minimum Gasteiger partial charge on any atom is -0.465 e. The fourth-order valence-electron chi connectivity index (χ4n) is 1.17. The zero-order valence-electron chi connectivity index (χ0n) is 11.1. The fraction of sp³-hybridized carbons (Fsp3) is 0.636. The van der Waals surface area contributed by atoms with Crippen LogP contribution in [0, 0.1) is 0 Å². The average Bonchev–Trinajstić information content (AvgIpc) is 2.83. The van der Waals surface area contributed by atoms with E-state index in [0.29, 0.717) is 28.9 Å². The monoisotopic (exact) mass is 303 g/mol. The summed E-state index contributed by atoms with van der Waals surface area (Å²) in [4.78, 5) is 22.9. The summed E-state index contributed by atoms with van der Waals surface area (Å²) >= 11 is 2.57. The van der Waals surface area contributed by atoms with Gasteiger partial charge in [-0.3, -0.25) is 9.59 Å². The molecular formula is C11H17N3O3S2. The van der Waals surface area contributed by atoms with E-state index >= 15 is 0 Å². The molecule has 106 valence electrons. The van der Waals surface area contributed by atoms with E-state index in [1.54, 1.807) is 13.8 Å². The summed E-state index contributed by atoms with van der Waals surface area (Å²) in [6.07, 6.45) is 1.04. The Morgan fingerprint density at radius 3 is 2.68 bits per heavy atom.